The van der Waals surface area contributed by atoms with Gasteiger partial charge in [0.15, 0.2) is 0 Å². The lowest BCUT2D eigenvalue weighted by atomic mass is 9.96. The van der Waals surface area contributed by atoms with E-state index in [-0.39, 0.29) is 23.5 Å². The average Bonchev–Trinajstić information content (AvgIpc) is 2.35. The SMILES string of the molecule is CC(C)(C)OC(=O)NCC1CCS(=O)(=O)CCC1N. The number of nitrogens with one attached hydrogen (secondary N) is 1. The van der Waals surface area contributed by atoms with Crippen LogP contribution in [0.2, 0.25) is 0 Å². The van der Waals surface area contributed by atoms with Crippen LogP contribution < -0.4 is 11.1 Å². The Morgan fingerprint density at radius 1 is 1.32 bits per heavy atom. The Morgan fingerprint density at radius 3 is 2.47 bits per heavy atom. The molecule has 1 rings (SSSR count). The molecule has 0 aromatic rings. The van der Waals surface area contributed by atoms with Crippen molar-refractivity contribution >= 4 is 15.9 Å². The molecule has 0 spiro atoms. The van der Waals surface area contributed by atoms with Crippen molar-refractivity contribution in [3.63, 3.8) is 0 Å². The molecular weight excluding hydrogens is 268 g/mol. The fraction of sp³-hybridized carbons (Fsp3) is 0.917. The summed E-state index contributed by atoms with van der Waals surface area (Å²) in [5.41, 5.74) is 5.41. The molecule has 2 atom stereocenters. The van der Waals surface area contributed by atoms with Gasteiger partial charge in [0.25, 0.3) is 0 Å². The van der Waals surface area contributed by atoms with E-state index < -0.39 is 21.5 Å². The van der Waals surface area contributed by atoms with Gasteiger partial charge in [-0.1, -0.05) is 0 Å². The first-order valence-electron chi connectivity index (χ1n) is 6.52. The van der Waals surface area contributed by atoms with Crippen molar-refractivity contribution in [2.24, 2.45) is 11.7 Å². The van der Waals surface area contributed by atoms with Crippen LogP contribution in [0.25, 0.3) is 0 Å². The van der Waals surface area contributed by atoms with Crippen LogP contribution in [0.4, 0.5) is 4.79 Å². The molecular formula is C12H24N2O4S. The summed E-state index contributed by atoms with van der Waals surface area (Å²) in [6.45, 7) is 5.72. The first-order chi connectivity index (χ1) is 8.59. The van der Waals surface area contributed by atoms with E-state index in [2.05, 4.69) is 5.32 Å². The van der Waals surface area contributed by atoms with Gasteiger partial charge in [-0.3, -0.25) is 0 Å². The van der Waals surface area contributed by atoms with Gasteiger partial charge in [0.2, 0.25) is 0 Å². The summed E-state index contributed by atoms with van der Waals surface area (Å²) in [6.07, 6.45) is 0.439. The van der Waals surface area contributed by atoms with E-state index >= 15 is 0 Å². The van der Waals surface area contributed by atoms with Gasteiger partial charge in [0.1, 0.15) is 15.4 Å². The highest BCUT2D eigenvalue weighted by atomic mass is 32.2. The zero-order valence-corrected chi connectivity index (χ0v) is 12.6. The summed E-state index contributed by atoms with van der Waals surface area (Å²) < 4.78 is 28.2. The lowest BCUT2D eigenvalue weighted by molar-refractivity contribution is 0.0516. The standard InChI is InChI=1S/C12H24N2O4S/c1-12(2,3)18-11(15)14-8-9-4-6-19(16,17)7-5-10(9)13/h9-10H,4-8,13H2,1-3H3,(H,14,15). The van der Waals surface area contributed by atoms with Crippen LogP contribution in [0.3, 0.4) is 0 Å². The van der Waals surface area contributed by atoms with E-state index in [1.165, 1.54) is 0 Å². The van der Waals surface area contributed by atoms with Crippen LogP contribution >= 0.6 is 0 Å². The van der Waals surface area contributed by atoms with Crippen molar-refractivity contribution in [3.8, 4) is 0 Å². The van der Waals surface area contributed by atoms with E-state index in [9.17, 15) is 13.2 Å². The summed E-state index contributed by atoms with van der Waals surface area (Å²) in [4.78, 5) is 11.5. The fourth-order valence-electron chi connectivity index (χ4n) is 1.98. The van der Waals surface area contributed by atoms with Crippen molar-refractivity contribution in [2.45, 2.75) is 45.3 Å². The third-order valence-electron chi connectivity index (χ3n) is 3.07. The molecule has 0 aromatic carbocycles. The van der Waals surface area contributed by atoms with Gasteiger partial charge in [-0.2, -0.15) is 0 Å². The van der Waals surface area contributed by atoms with E-state index in [1.807, 2.05) is 0 Å². The third kappa shape index (κ3) is 6.24. The number of amides is 1. The van der Waals surface area contributed by atoms with Crippen molar-refractivity contribution in [1.29, 1.82) is 0 Å². The summed E-state index contributed by atoms with van der Waals surface area (Å²) >= 11 is 0. The highest BCUT2D eigenvalue weighted by Gasteiger charge is 2.27. The molecule has 1 amide bonds. The largest absolute Gasteiger partial charge is 0.444 e. The van der Waals surface area contributed by atoms with Crippen LogP contribution in [0.5, 0.6) is 0 Å². The summed E-state index contributed by atoms with van der Waals surface area (Å²) in [5.74, 6) is 0.253. The molecule has 112 valence electrons. The Morgan fingerprint density at radius 2 is 1.89 bits per heavy atom. The van der Waals surface area contributed by atoms with Gasteiger partial charge in [0, 0.05) is 12.6 Å². The van der Waals surface area contributed by atoms with Crippen molar-refractivity contribution in [3.05, 3.63) is 0 Å². The van der Waals surface area contributed by atoms with Gasteiger partial charge < -0.3 is 15.8 Å². The lowest BCUT2D eigenvalue weighted by Crippen LogP contribution is -2.41. The zero-order valence-electron chi connectivity index (χ0n) is 11.8. The minimum absolute atomic E-state index is 0.0233. The van der Waals surface area contributed by atoms with Gasteiger partial charge in [-0.15, -0.1) is 0 Å². The molecule has 0 bridgehead atoms. The predicted octanol–water partition coefficient (Wildman–Crippen LogP) is 0.663. The number of sulfone groups is 1. The number of ether oxygens (including phenoxy) is 1. The number of carbonyl (C=O) groups excluding carboxylic acids is 1. The van der Waals surface area contributed by atoms with Crippen LogP contribution in [0.1, 0.15) is 33.6 Å². The van der Waals surface area contributed by atoms with Gasteiger partial charge in [-0.25, -0.2) is 13.2 Å². The van der Waals surface area contributed by atoms with Gasteiger partial charge >= 0.3 is 6.09 Å². The molecule has 0 aromatic heterocycles. The van der Waals surface area contributed by atoms with E-state index in [0.717, 1.165) is 0 Å². The van der Waals surface area contributed by atoms with Crippen LogP contribution in [-0.2, 0) is 14.6 Å². The second kappa shape index (κ2) is 6.09. The molecule has 1 heterocycles. The topological polar surface area (TPSA) is 98.5 Å². The van der Waals surface area contributed by atoms with E-state index in [4.69, 9.17) is 10.5 Å². The predicted molar refractivity (Wildman–Crippen MR) is 73.6 cm³/mol. The molecule has 1 fully saturated rings. The Hall–Kier alpha value is -0.820. The maximum Gasteiger partial charge on any atom is 0.407 e. The maximum absolute atomic E-state index is 11.5. The average molecular weight is 292 g/mol. The van der Waals surface area contributed by atoms with Crippen molar-refractivity contribution in [2.75, 3.05) is 18.1 Å². The molecule has 1 aliphatic rings. The fourth-order valence-corrected chi connectivity index (χ4v) is 3.48. The molecule has 0 radical (unpaired) electrons. The molecule has 0 aliphatic carbocycles. The quantitative estimate of drug-likeness (QED) is 0.779. The van der Waals surface area contributed by atoms with E-state index in [0.29, 0.717) is 19.4 Å². The third-order valence-corrected chi connectivity index (χ3v) is 4.79. The van der Waals surface area contributed by atoms with Gasteiger partial charge in [-0.05, 0) is 39.5 Å². The molecule has 7 heteroatoms. The maximum atomic E-state index is 11.5. The molecule has 6 nitrogen and oxygen atoms in total. The number of rotatable bonds is 2. The Labute approximate surface area is 115 Å². The number of hydrogen-bond acceptors (Lipinski definition) is 5. The zero-order chi connectivity index (χ0) is 14.7. The second-order valence-corrected chi connectivity index (χ2v) is 8.34. The number of alkyl carbamates (subject to hydrolysis) is 1. The first-order valence-corrected chi connectivity index (χ1v) is 8.34. The minimum atomic E-state index is -2.98. The second-order valence-electron chi connectivity index (χ2n) is 6.04. The Kier molecular flexibility index (Phi) is 5.20. The highest BCUT2D eigenvalue weighted by Crippen LogP contribution is 2.17. The van der Waals surface area contributed by atoms with E-state index in [1.54, 1.807) is 20.8 Å². The normalized spacial score (nSPS) is 27.4. The molecule has 2 unspecified atom stereocenters. The highest BCUT2D eigenvalue weighted by molar-refractivity contribution is 7.91. The number of hydrogen-bond donors (Lipinski definition) is 2. The molecule has 0 saturated carbocycles. The summed E-state index contributed by atoms with van der Waals surface area (Å²) in [6, 6.07) is -0.202. The Balaban J connectivity index is 2.46. The lowest BCUT2D eigenvalue weighted by Gasteiger charge is -2.23. The molecule has 3 N–H and O–H groups in total. The number of carbonyl (C=O) groups is 1. The molecule has 1 aliphatic heterocycles. The van der Waals surface area contributed by atoms with Crippen LogP contribution in [-0.4, -0.2) is 44.2 Å². The van der Waals surface area contributed by atoms with Gasteiger partial charge in [0.05, 0.1) is 11.5 Å². The Bertz CT molecular complexity index is 414. The number of nitrogens with two attached hydrogens (primary N) is 1. The molecule has 1 saturated heterocycles. The molecule has 19 heavy (non-hydrogen) atoms. The summed E-state index contributed by atoms with van der Waals surface area (Å²) in [7, 11) is -2.98. The summed E-state index contributed by atoms with van der Waals surface area (Å²) in [5, 5.41) is 2.66. The minimum Gasteiger partial charge on any atom is -0.444 e. The van der Waals surface area contributed by atoms with Crippen LogP contribution in [0, 0.1) is 5.92 Å². The van der Waals surface area contributed by atoms with Crippen LogP contribution in [0.15, 0.2) is 0 Å². The van der Waals surface area contributed by atoms with Crippen molar-refractivity contribution < 1.29 is 17.9 Å². The monoisotopic (exact) mass is 292 g/mol. The smallest absolute Gasteiger partial charge is 0.407 e. The first kappa shape index (κ1) is 16.2. The van der Waals surface area contributed by atoms with Crippen molar-refractivity contribution in [1.82, 2.24) is 5.32 Å².